The number of halogens is 1. The predicted octanol–water partition coefficient (Wildman–Crippen LogP) is 2.43. The predicted molar refractivity (Wildman–Crippen MR) is 64.0 cm³/mol. The molecule has 2 N–H and O–H groups in total. The molecule has 0 spiro atoms. The van der Waals surface area contributed by atoms with Crippen molar-refractivity contribution in [3.8, 4) is 0 Å². The van der Waals surface area contributed by atoms with Crippen LogP contribution in [0.5, 0.6) is 0 Å². The van der Waals surface area contributed by atoms with Crippen LogP contribution < -0.4 is 0 Å². The summed E-state index contributed by atoms with van der Waals surface area (Å²) in [4.78, 5) is 15.0. The molecule has 1 aliphatic heterocycles. The van der Waals surface area contributed by atoms with Crippen molar-refractivity contribution >= 4 is 11.7 Å². The number of aliphatic imine (C=N–C) groups is 1. The third kappa shape index (κ3) is 2.15. The minimum atomic E-state index is -1.17. The summed E-state index contributed by atoms with van der Waals surface area (Å²) in [7, 11) is 0. The number of carboxylic acids is 1. The fraction of sp³-hybridized carbons (Fsp3) is 0.0769. The van der Waals surface area contributed by atoms with Gasteiger partial charge in [-0.2, -0.15) is 0 Å². The van der Waals surface area contributed by atoms with Crippen molar-refractivity contribution < 1.29 is 19.4 Å². The van der Waals surface area contributed by atoms with Crippen LogP contribution in [-0.2, 0) is 4.79 Å². The van der Waals surface area contributed by atoms with Gasteiger partial charge in [-0.15, -0.1) is 0 Å². The lowest BCUT2D eigenvalue weighted by molar-refractivity contribution is -0.132. The monoisotopic (exact) mass is 247 g/mol. The maximum atomic E-state index is 13.1. The molecule has 1 aromatic carbocycles. The Morgan fingerprint density at radius 3 is 2.61 bits per heavy atom. The van der Waals surface area contributed by atoms with E-state index in [0.29, 0.717) is 11.3 Å². The number of rotatable bonds is 3. The Bertz CT molecular complexity index is 602. The van der Waals surface area contributed by atoms with Crippen molar-refractivity contribution in [3.05, 3.63) is 59.3 Å². The second kappa shape index (κ2) is 4.44. The van der Waals surface area contributed by atoms with E-state index in [0.717, 1.165) is 0 Å². The van der Waals surface area contributed by atoms with Crippen molar-refractivity contribution in [3.63, 3.8) is 0 Å². The summed E-state index contributed by atoms with van der Waals surface area (Å²) in [6.07, 6.45) is 0.0354. The van der Waals surface area contributed by atoms with Crippen LogP contribution >= 0.6 is 0 Å². The standard InChI is InChI=1S/C13H10FNO3/c1-7(16)12-10(13(17)18)6-11(15-12)8-3-2-4-9(14)5-8/h2-5,16H,1,6H2,(H,17,18). The van der Waals surface area contributed by atoms with E-state index >= 15 is 0 Å². The number of carbonyl (C=O) groups is 1. The highest BCUT2D eigenvalue weighted by Crippen LogP contribution is 2.27. The summed E-state index contributed by atoms with van der Waals surface area (Å²) < 4.78 is 13.1. The molecule has 4 nitrogen and oxygen atoms in total. The van der Waals surface area contributed by atoms with Gasteiger partial charge in [0, 0.05) is 6.42 Å². The highest BCUT2D eigenvalue weighted by molar-refractivity contribution is 6.10. The fourth-order valence-corrected chi connectivity index (χ4v) is 1.74. The first-order valence-electron chi connectivity index (χ1n) is 5.17. The third-order valence-electron chi connectivity index (χ3n) is 2.57. The first kappa shape index (κ1) is 12.0. The van der Waals surface area contributed by atoms with Gasteiger partial charge in [0.2, 0.25) is 0 Å². The maximum Gasteiger partial charge on any atom is 0.334 e. The lowest BCUT2D eigenvalue weighted by Crippen LogP contribution is -2.05. The van der Waals surface area contributed by atoms with E-state index in [-0.39, 0.29) is 17.7 Å². The minimum absolute atomic E-state index is 0.0354. The van der Waals surface area contributed by atoms with Gasteiger partial charge in [-0.05, 0) is 17.7 Å². The highest BCUT2D eigenvalue weighted by Gasteiger charge is 2.25. The third-order valence-corrected chi connectivity index (χ3v) is 2.57. The second-order valence-electron chi connectivity index (χ2n) is 3.82. The zero-order valence-corrected chi connectivity index (χ0v) is 9.35. The van der Waals surface area contributed by atoms with Gasteiger partial charge in [0.15, 0.2) is 0 Å². The molecular weight excluding hydrogens is 237 g/mol. The number of carboxylic acid groups (broad SMARTS) is 1. The Morgan fingerprint density at radius 2 is 2.11 bits per heavy atom. The molecule has 18 heavy (non-hydrogen) atoms. The van der Waals surface area contributed by atoms with Crippen molar-refractivity contribution in [2.75, 3.05) is 0 Å². The number of benzene rings is 1. The molecule has 0 bridgehead atoms. The van der Waals surface area contributed by atoms with E-state index in [1.54, 1.807) is 6.07 Å². The van der Waals surface area contributed by atoms with E-state index in [4.69, 9.17) is 5.11 Å². The quantitative estimate of drug-likeness (QED) is 0.806. The molecular formula is C13H10FNO3. The van der Waals surface area contributed by atoms with Crippen LogP contribution in [0.25, 0.3) is 0 Å². The van der Waals surface area contributed by atoms with E-state index in [1.165, 1.54) is 18.2 Å². The highest BCUT2D eigenvalue weighted by atomic mass is 19.1. The van der Waals surface area contributed by atoms with Gasteiger partial charge < -0.3 is 10.2 Å². The van der Waals surface area contributed by atoms with Crippen LogP contribution in [-0.4, -0.2) is 21.9 Å². The Labute approximate surface area is 102 Å². The Morgan fingerprint density at radius 1 is 1.39 bits per heavy atom. The van der Waals surface area contributed by atoms with Crippen LogP contribution in [0.3, 0.4) is 0 Å². The summed E-state index contributed by atoms with van der Waals surface area (Å²) in [6.45, 7) is 3.27. The number of hydrogen-bond acceptors (Lipinski definition) is 3. The van der Waals surface area contributed by atoms with Gasteiger partial charge in [0.1, 0.15) is 17.3 Å². The molecule has 0 saturated heterocycles. The molecule has 0 aromatic heterocycles. The molecule has 0 aliphatic carbocycles. The molecule has 2 rings (SSSR count). The first-order valence-corrected chi connectivity index (χ1v) is 5.17. The van der Waals surface area contributed by atoms with Gasteiger partial charge in [0.05, 0.1) is 11.3 Å². The van der Waals surface area contributed by atoms with Gasteiger partial charge in [-0.3, -0.25) is 0 Å². The summed E-state index contributed by atoms with van der Waals surface area (Å²) >= 11 is 0. The topological polar surface area (TPSA) is 69.9 Å². The molecule has 1 aliphatic rings. The second-order valence-corrected chi connectivity index (χ2v) is 3.82. The minimum Gasteiger partial charge on any atom is -0.506 e. The largest absolute Gasteiger partial charge is 0.506 e. The molecule has 92 valence electrons. The van der Waals surface area contributed by atoms with E-state index in [2.05, 4.69) is 11.6 Å². The van der Waals surface area contributed by atoms with Crippen LogP contribution in [0.1, 0.15) is 12.0 Å². The van der Waals surface area contributed by atoms with Gasteiger partial charge >= 0.3 is 5.97 Å². The maximum absolute atomic E-state index is 13.1. The van der Waals surface area contributed by atoms with Gasteiger partial charge in [-0.1, -0.05) is 18.7 Å². The average molecular weight is 247 g/mol. The summed E-state index contributed by atoms with van der Waals surface area (Å²) in [5, 5.41) is 18.3. The fourth-order valence-electron chi connectivity index (χ4n) is 1.74. The van der Waals surface area contributed by atoms with E-state index in [1.807, 2.05) is 0 Å². The number of aliphatic hydroxyl groups is 1. The van der Waals surface area contributed by atoms with Gasteiger partial charge in [-0.25, -0.2) is 14.2 Å². The smallest absolute Gasteiger partial charge is 0.334 e. The number of aliphatic hydroxyl groups excluding tert-OH is 1. The first-order chi connectivity index (χ1) is 8.49. The molecule has 1 heterocycles. The van der Waals surface area contributed by atoms with Gasteiger partial charge in [0.25, 0.3) is 0 Å². The Hall–Kier alpha value is -2.43. The molecule has 5 heteroatoms. The number of hydrogen-bond donors (Lipinski definition) is 2. The van der Waals surface area contributed by atoms with Crippen molar-refractivity contribution in [2.45, 2.75) is 6.42 Å². The average Bonchev–Trinajstić information content (AvgIpc) is 2.73. The SMILES string of the molecule is C=C(O)C1=C(C(=O)O)CC(c2cccc(F)c2)=N1. The van der Waals surface area contributed by atoms with Crippen LogP contribution in [0.15, 0.2) is 52.9 Å². The Balaban J connectivity index is 2.40. The molecule has 0 fully saturated rings. The molecule has 1 aromatic rings. The summed E-state index contributed by atoms with van der Waals surface area (Å²) in [5.41, 5.74) is 0.797. The van der Waals surface area contributed by atoms with Crippen LogP contribution in [0.4, 0.5) is 4.39 Å². The van der Waals surface area contributed by atoms with Crippen LogP contribution in [0.2, 0.25) is 0 Å². The lowest BCUT2D eigenvalue weighted by Gasteiger charge is -2.00. The summed E-state index contributed by atoms with van der Waals surface area (Å²) in [6, 6.07) is 5.70. The van der Waals surface area contributed by atoms with Crippen molar-refractivity contribution in [2.24, 2.45) is 4.99 Å². The number of aliphatic carboxylic acids is 1. The van der Waals surface area contributed by atoms with Crippen molar-refractivity contribution in [1.82, 2.24) is 0 Å². The molecule has 0 unspecified atom stereocenters. The zero-order valence-electron chi connectivity index (χ0n) is 9.35. The summed E-state index contributed by atoms with van der Waals surface area (Å²) in [5.74, 6) is -2.00. The zero-order chi connectivity index (χ0) is 13.3. The molecule has 0 atom stereocenters. The molecule has 0 radical (unpaired) electrons. The Kier molecular flexibility index (Phi) is 2.97. The van der Waals surface area contributed by atoms with E-state index < -0.39 is 17.5 Å². The van der Waals surface area contributed by atoms with Crippen molar-refractivity contribution in [1.29, 1.82) is 0 Å². The van der Waals surface area contributed by atoms with Crippen LogP contribution in [0, 0.1) is 5.82 Å². The molecule has 0 amide bonds. The number of nitrogens with zero attached hydrogens (tertiary/aromatic N) is 1. The molecule has 0 saturated carbocycles. The van der Waals surface area contributed by atoms with E-state index in [9.17, 15) is 14.3 Å². The lowest BCUT2D eigenvalue weighted by atomic mass is 10.0. The normalized spacial score (nSPS) is 14.6.